The summed E-state index contributed by atoms with van der Waals surface area (Å²) in [5.41, 5.74) is 13.4. The highest BCUT2D eigenvalue weighted by Gasteiger charge is 2.37. The van der Waals surface area contributed by atoms with Crippen molar-refractivity contribution in [2.24, 2.45) is 0 Å². The molecule has 7 rings (SSSR count). The van der Waals surface area contributed by atoms with Gasteiger partial charge in [-0.15, -0.1) is 5.06 Å². The van der Waals surface area contributed by atoms with Crippen LogP contribution in [0, 0.1) is 13.8 Å². The summed E-state index contributed by atoms with van der Waals surface area (Å²) in [6, 6.07) is 6.14. The minimum atomic E-state index is -0.656. The van der Waals surface area contributed by atoms with Gasteiger partial charge in [0.25, 0.3) is 11.8 Å². The minimum absolute atomic E-state index is 0.0263. The van der Waals surface area contributed by atoms with Crippen LogP contribution in [0.3, 0.4) is 0 Å². The lowest BCUT2D eigenvalue weighted by Crippen LogP contribution is -2.32. The van der Waals surface area contributed by atoms with Gasteiger partial charge in [-0.1, -0.05) is 26.5 Å². The molecule has 240 valence electrons. The molecule has 2 N–H and O–H groups in total. The Labute approximate surface area is 271 Å². The number of carbonyl (C=O) groups is 4. The van der Waals surface area contributed by atoms with Crippen LogP contribution in [0.2, 0.25) is 0 Å². The Bertz CT molecular complexity index is 2130. The molecule has 0 saturated carbocycles. The average molecular weight is 632 g/mol. The van der Waals surface area contributed by atoms with Crippen LogP contribution in [0.15, 0.2) is 24.8 Å². The van der Waals surface area contributed by atoms with Gasteiger partial charge >= 0.3 is 5.97 Å². The molecule has 6 heterocycles. The molecule has 0 radical (unpaired) electrons. The number of imide groups is 1. The molecule has 1 aliphatic carbocycles. The summed E-state index contributed by atoms with van der Waals surface area (Å²) in [4.78, 5) is 73.1. The summed E-state index contributed by atoms with van der Waals surface area (Å²) < 4.78 is 0. The van der Waals surface area contributed by atoms with Crippen molar-refractivity contribution in [3.8, 4) is 0 Å². The fraction of sp³-hybridized carbons (Fsp3) is 0.351. The molecule has 8 bridgehead atoms. The standard InChI is InChI=1S/C37H37N5O5/c1-7-21-17(3)25-14-27-19(5)23(9-12-34(46)47-42-32(44)10-11-33(42)45)36(40-27)24-13-31(43)35-20(6)28(41-37(24)35)16-30-22(8-2)18(4)26(39-30)15-29(21)38-25/h7,14-16,19,23,38,41H,1,8-13H2,2-6H3/t19-,23-/m0/s1. The molecule has 3 aromatic heterocycles. The molecule has 0 unspecified atom stereocenters. The number of aryl methyl sites for hydroxylation is 2. The Morgan fingerprint density at radius 3 is 2.40 bits per heavy atom. The Kier molecular flexibility index (Phi) is 7.33. The third-order valence-corrected chi connectivity index (χ3v) is 10.2. The number of H-pyrrole nitrogens is 2. The fourth-order valence-electron chi connectivity index (χ4n) is 7.51. The van der Waals surface area contributed by atoms with Crippen molar-refractivity contribution >= 4 is 62.9 Å². The van der Waals surface area contributed by atoms with E-state index in [1.807, 2.05) is 32.1 Å². The van der Waals surface area contributed by atoms with Crippen molar-refractivity contribution in [2.45, 2.75) is 85.0 Å². The van der Waals surface area contributed by atoms with Gasteiger partial charge < -0.3 is 14.8 Å². The van der Waals surface area contributed by atoms with E-state index in [1.54, 1.807) is 0 Å². The first-order valence-electron chi connectivity index (χ1n) is 16.2. The molecule has 0 spiro atoms. The van der Waals surface area contributed by atoms with E-state index >= 15 is 0 Å². The molecule has 47 heavy (non-hydrogen) atoms. The zero-order valence-electron chi connectivity index (χ0n) is 27.3. The van der Waals surface area contributed by atoms with Crippen molar-refractivity contribution in [1.29, 1.82) is 0 Å². The number of nitrogens with one attached hydrogen (secondary N) is 2. The van der Waals surface area contributed by atoms with Crippen molar-refractivity contribution in [1.82, 2.24) is 25.0 Å². The molecule has 2 amide bonds. The van der Waals surface area contributed by atoms with Crippen molar-refractivity contribution in [3.63, 3.8) is 0 Å². The number of carbonyl (C=O) groups excluding carboxylic acids is 4. The molecular formula is C37H37N5O5. The third kappa shape index (κ3) is 4.85. The number of hydroxylamine groups is 2. The molecule has 10 heteroatoms. The van der Waals surface area contributed by atoms with Gasteiger partial charge in [-0.05, 0) is 74.1 Å². The predicted octanol–water partition coefficient (Wildman–Crippen LogP) is 6.93. The van der Waals surface area contributed by atoms with Gasteiger partial charge in [-0.2, -0.15) is 0 Å². The van der Waals surface area contributed by atoms with Crippen LogP contribution in [-0.2, 0) is 25.6 Å². The van der Waals surface area contributed by atoms with E-state index in [-0.39, 0.29) is 43.3 Å². The minimum Gasteiger partial charge on any atom is -0.355 e. The Hall–Kier alpha value is -5.12. The summed E-state index contributed by atoms with van der Waals surface area (Å²) in [5, 5.41) is 0.583. The normalized spacial score (nSPS) is 18.9. The summed E-state index contributed by atoms with van der Waals surface area (Å²) in [6.45, 7) is 14.4. The number of fused-ring (bicyclic) bond motifs is 8. The number of amides is 2. The molecule has 0 aromatic carbocycles. The molecule has 1 fully saturated rings. The SMILES string of the molecule is C=Cc1c(C)c2cc3nc(c4c5[nH]c(cc6nc(cc1[nH]2)C(C)=C6CC)c(C)c5C(=O)C4)[C@@H](CCC(=O)ON1C(=O)CCC1=O)[C@@H]3C. The van der Waals surface area contributed by atoms with Gasteiger partial charge in [0.15, 0.2) is 5.78 Å². The van der Waals surface area contributed by atoms with E-state index in [4.69, 9.17) is 14.8 Å². The number of Topliss-reactive ketones (excluding diaryl/α,β-unsaturated/α-hetero) is 1. The van der Waals surface area contributed by atoms with Crippen molar-refractivity contribution < 1.29 is 24.0 Å². The third-order valence-electron chi connectivity index (χ3n) is 10.2. The van der Waals surface area contributed by atoms with Crippen molar-refractivity contribution in [2.75, 3.05) is 0 Å². The summed E-state index contributed by atoms with van der Waals surface area (Å²) in [5.74, 6) is -1.97. The number of hydrogen-bond acceptors (Lipinski definition) is 7. The second-order valence-corrected chi connectivity index (χ2v) is 12.9. The first kappa shape index (κ1) is 30.5. The smallest absolute Gasteiger partial charge is 0.333 e. The average Bonchev–Trinajstić information content (AvgIpc) is 3.84. The lowest BCUT2D eigenvalue weighted by Gasteiger charge is -2.18. The van der Waals surface area contributed by atoms with Gasteiger partial charge in [-0.3, -0.25) is 19.4 Å². The molecule has 1 saturated heterocycles. The first-order valence-corrected chi connectivity index (χ1v) is 16.2. The van der Waals surface area contributed by atoms with E-state index in [0.29, 0.717) is 17.0 Å². The number of ketones is 1. The topological polar surface area (TPSA) is 138 Å². The van der Waals surface area contributed by atoms with Crippen molar-refractivity contribution in [3.05, 3.63) is 75.4 Å². The number of hydrogen-bond donors (Lipinski definition) is 2. The molecule has 10 nitrogen and oxygen atoms in total. The zero-order chi connectivity index (χ0) is 33.3. The van der Waals surface area contributed by atoms with Crippen LogP contribution in [-0.4, -0.2) is 48.6 Å². The quantitative estimate of drug-likeness (QED) is 0.281. The predicted molar refractivity (Wildman–Crippen MR) is 179 cm³/mol. The monoisotopic (exact) mass is 631 g/mol. The fourth-order valence-corrected chi connectivity index (χ4v) is 7.51. The summed E-state index contributed by atoms with van der Waals surface area (Å²) in [6.07, 6.45) is 3.27. The number of aromatic amines is 2. The molecular weight excluding hydrogens is 594 g/mol. The first-order chi connectivity index (χ1) is 22.5. The maximum atomic E-state index is 13.6. The largest absolute Gasteiger partial charge is 0.355 e. The van der Waals surface area contributed by atoms with Gasteiger partial charge in [0.05, 0.1) is 22.6 Å². The molecule has 3 aliphatic heterocycles. The van der Waals surface area contributed by atoms with E-state index < -0.39 is 17.8 Å². The second-order valence-electron chi connectivity index (χ2n) is 12.9. The number of aromatic nitrogens is 4. The lowest BCUT2D eigenvalue weighted by atomic mass is 9.85. The highest BCUT2D eigenvalue weighted by atomic mass is 16.7. The van der Waals surface area contributed by atoms with Crippen LogP contribution in [0.4, 0.5) is 0 Å². The second kappa shape index (κ2) is 11.3. The molecule has 4 aliphatic rings. The highest BCUT2D eigenvalue weighted by molar-refractivity contribution is 6.13. The van der Waals surface area contributed by atoms with Crippen LogP contribution in [0.1, 0.15) is 120 Å². The summed E-state index contributed by atoms with van der Waals surface area (Å²) >= 11 is 0. The highest BCUT2D eigenvalue weighted by Crippen LogP contribution is 2.44. The van der Waals surface area contributed by atoms with Gasteiger partial charge in [0.1, 0.15) is 0 Å². The van der Waals surface area contributed by atoms with E-state index in [1.165, 1.54) is 0 Å². The Balaban J connectivity index is 1.44. The lowest BCUT2D eigenvalue weighted by molar-refractivity contribution is -0.197. The number of allylic oxidation sites excluding steroid dienone is 2. The van der Waals surface area contributed by atoms with E-state index in [0.717, 1.165) is 84.7 Å². The van der Waals surface area contributed by atoms with Crippen LogP contribution < -0.4 is 0 Å². The van der Waals surface area contributed by atoms with Crippen LogP contribution in [0.5, 0.6) is 0 Å². The van der Waals surface area contributed by atoms with E-state index in [9.17, 15) is 19.2 Å². The van der Waals surface area contributed by atoms with Crippen LogP contribution in [0.25, 0.3) is 39.3 Å². The zero-order valence-corrected chi connectivity index (χ0v) is 27.3. The van der Waals surface area contributed by atoms with E-state index in [2.05, 4.69) is 43.4 Å². The van der Waals surface area contributed by atoms with Gasteiger partial charge in [0, 0.05) is 76.5 Å². The van der Waals surface area contributed by atoms with Gasteiger partial charge in [0.2, 0.25) is 0 Å². The maximum absolute atomic E-state index is 13.6. The number of nitrogens with zero attached hydrogens (tertiary/aromatic N) is 3. The Morgan fingerprint density at radius 1 is 1.00 bits per heavy atom. The van der Waals surface area contributed by atoms with Gasteiger partial charge in [-0.25, -0.2) is 9.78 Å². The number of rotatable bonds is 6. The molecule has 2 atom stereocenters. The molecule has 3 aromatic rings. The summed E-state index contributed by atoms with van der Waals surface area (Å²) in [7, 11) is 0. The maximum Gasteiger partial charge on any atom is 0.333 e. The Morgan fingerprint density at radius 2 is 1.70 bits per heavy atom. The van der Waals surface area contributed by atoms with Crippen LogP contribution >= 0.6 is 0 Å².